The van der Waals surface area contributed by atoms with Gasteiger partial charge in [0.2, 0.25) is 11.8 Å². The lowest BCUT2D eigenvalue weighted by Crippen LogP contribution is -2.32. The molecule has 1 aliphatic heterocycles. The lowest BCUT2D eigenvalue weighted by Gasteiger charge is -2.22. The van der Waals surface area contributed by atoms with E-state index in [9.17, 15) is 9.59 Å². The number of rotatable bonds is 5. The largest absolute Gasteiger partial charge is 0.497 e. The molecule has 30 heavy (non-hydrogen) atoms. The van der Waals surface area contributed by atoms with Crippen LogP contribution >= 0.6 is 11.8 Å². The van der Waals surface area contributed by atoms with Crippen molar-refractivity contribution in [3.8, 4) is 17.2 Å². The van der Waals surface area contributed by atoms with Crippen LogP contribution in [0.1, 0.15) is 24.8 Å². The zero-order valence-electron chi connectivity index (χ0n) is 17.4. The molecular formula is C21H23N3O5S. The number of thioether (sulfide) groups is 1. The molecule has 0 saturated carbocycles. The topological polar surface area (TPSA) is 80.7 Å². The average Bonchev–Trinajstić information content (AvgIpc) is 3.18. The first kappa shape index (κ1) is 21.5. The third-order valence-corrected chi connectivity index (χ3v) is 5.65. The zero-order chi connectivity index (χ0) is 21.8. The minimum atomic E-state index is -0.511. The summed E-state index contributed by atoms with van der Waals surface area (Å²) in [4.78, 5) is 26.3. The fourth-order valence-electron chi connectivity index (χ4n) is 3.04. The Balaban J connectivity index is 2.01. The van der Waals surface area contributed by atoms with Gasteiger partial charge in [-0.3, -0.25) is 14.5 Å². The SMILES string of the molecule is COc1ccc(N(C(C)=O)C2=NN(C(C)=O)C(c3cc(OC)ccc3OC)S2)cc1. The van der Waals surface area contributed by atoms with Gasteiger partial charge in [0.25, 0.3) is 0 Å². The van der Waals surface area contributed by atoms with Gasteiger partial charge in [-0.2, -0.15) is 0 Å². The number of amidine groups is 1. The van der Waals surface area contributed by atoms with Gasteiger partial charge in [-0.1, -0.05) is 11.8 Å². The van der Waals surface area contributed by atoms with Crippen LogP contribution in [0.5, 0.6) is 17.2 Å². The molecule has 2 aromatic carbocycles. The summed E-state index contributed by atoms with van der Waals surface area (Å²) < 4.78 is 16.0. The molecule has 9 heteroatoms. The molecule has 0 fully saturated rings. The minimum Gasteiger partial charge on any atom is -0.497 e. The maximum absolute atomic E-state index is 12.5. The molecule has 0 spiro atoms. The second-order valence-corrected chi connectivity index (χ2v) is 7.42. The average molecular weight is 429 g/mol. The predicted molar refractivity (Wildman–Crippen MR) is 116 cm³/mol. The number of anilines is 1. The predicted octanol–water partition coefficient (Wildman–Crippen LogP) is 3.63. The highest BCUT2D eigenvalue weighted by Gasteiger charge is 2.37. The van der Waals surface area contributed by atoms with E-state index in [-0.39, 0.29) is 11.8 Å². The Hall–Kier alpha value is -3.20. The molecule has 0 bridgehead atoms. The molecular weight excluding hydrogens is 406 g/mol. The van der Waals surface area contributed by atoms with Gasteiger partial charge in [-0.25, -0.2) is 5.01 Å². The Kier molecular flexibility index (Phi) is 6.51. The molecule has 1 heterocycles. The fraction of sp³-hybridized carbons (Fsp3) is 0.286. The number of hydrogen-bond donors (Lipinski definition) is 0. The van der Waals surface area contributed by atoms with Crippen molar-refractivity contribution in [3.05, 3.63) is 48.0 Å². The maximum atomic E-state index is 12.5. The molecule has 0 aromatic heterocycles. The van der Waals surface area contributed by atoms with E-state index in [0.29, 0.717) is 33.7 Å². The molecule has 0 saturated heterocycles. The Labute approximate surface area is 179 Å². The number of methoxy groups -OCH3 is 3. The van der Waals surface area contributed by atoms with Crippen molar-refractivity contribution >= 4 is 34.4 Å². The van der Waals surface area contributed by atoms with E-state index >= 15 is 0 Å². The molecule has 2 amide bonds. The van der Waals surface area contributed by atoms with E-state index in [1.54, 1.807) is 63.8 Å². The first-order valence-corrected chi connectivity index (χ1v) is 9.99. The van der Waals surface area contributed by atoms with Crippen LogP contribution < -0.4 is 19.1 Å². The zero-order valence-corrected chi connectivity index (χ0v) is 18.2. The molecule has 3 rings (SSSR count). The monoisotopic (exact) mass is 429 g/mol. The normalized spacial score (nSPS) is 15.4. The summed E-state index contributed by atoms with van der Waals surface area (Å²) in [6, 6.07) is 12.4. The summed E-state index contributed by atoms with van der Waals surface area (Å²) in [6.45, 7) is 2.88. The van der Waals surface area contributed by atoms with Crippen LogP contribution in [0, 0.1) is 0 Å². The van der Waals surface area contributed by atoms with Crippen LogP contribution in [0.25, 0.3) is 0 Å². The third-order valence-electron chi connectivity index (χ3n) is 4.49. The number of benzene rings is 2. The molecule has 0 N–H and O–H groups in total. The van der Waals surface area contributed by atoms with E-state index in [2.05, 4.69) is 5.10 Å². The summed E-state index contributed by atoms with van der Waals surface area (Å²) >= 11 is 1.28. The second kappa shape index (κ2) is 9.08. The Morgan fingerprint density at radius 2 is 1.60 bits per heavy atom. The van der Waals surface area contributed by atoms with Gasteiger partial charge in [-0.15, -0.1) is 5.10 Å². The van der Waals surface area contributed by atoms with E-state index < -0.39 is 5.37 Å². The lowest BCUT2D eigenvalue weighted by atomic mass is 10.1. The van der Waals surface area contributed by atoms with Crippen molar-refractivity contribution in [3.63, 3.8) is 0 Å². The van der Waals surface area contributed by atoms with Gasteiger partial charge in [0, 0.05) is 19.4 Å². The van der Waals surface area contributed by atoms with Crippen LogP contribution in [0.3, 0.4) is 0 Å². The highest BCUT2D eigenvalue weighted by atomic mass is 32.2. The van der Waals surface area contributed by atoms with E-state index in [4.69, 9.17) is 14.2 Å². The van der Waals surface area contributed by atoms with Crippen LogP contribution in [-0.2, 0) is 9.59 Å². The summed E-state index contributed by atoms with van der Waals surface area (Å²) in [7, 11) is 4.70. The maximum Gasteiger partial charge on any atom is 0.241 e. The number of carbonyl (C=O) groups excluding carboxylic acids is 2. The van der Waals surface area contributed by atoms with Crippen molar-refractivity contribution < 1.29 is 23.8 Å². The van der Waals surface area contributed by atoms with Gasteiger partial charge in [0.15, 0.2) is 5.17 Å². The molecule has 0 radical (unpaired) electrons. The van der Waals surface area contributed by atoms with Crippen molar-refractivity contribution in [1.29, 1.82) is 0 Å². The molecule has 0 aliphatic carbocycles. The van der Waals surface area contributed by atoms with Gasteiger partial charge in [-0.05, 0) is 42.5 Å². The lowest BCUT2D eigenvalue weighted by molar-refractivity contribution is -0.129. The quantitative estimate of drug-likeness (QED) is 0.722. The summed E-state index contributed by atoms with van der Waals surface area (Å²) in [5.74, 6) is 1.41. The molecule has 2 aromatic rings. The van der Waals surface area contributed by atoms with Gasteiger partial charge in [0.1, 0.15) is 22.6 Å². The van der Waals surface area contributed by atoms with Gasteiger partial charge >= 0.3 is 0 Å². The minimum absolute atomic E-state index is 0.229. The van der Waals surface area contributed by atoms with E-state index in [1.807, 2.05) is 0 Å². The van der Waals surface area contributed by atoms with Gasteiger partial charge in [0.05, 0.1) is 27.0 Å². The standard InChI is InChI=1S/C21H23N3O5S/c1-13(25)23(15-6-8-16(27-3)9-7-15)21-22-24(14(2)26)20(30-21)18-12-17(28-4)10-11-19(18)29-5/h6-12,20H,1-5H3. The van der Waals surface area contributed by atoms with E-state index in [1.165, 1.54) is 35.5 Å². The number of carbonyl (C=O) groups is 2. The summed E-state index contributed by atoms with van der Waals surface area (Å²) in [5.41, 5.74) is 1.34. The van der Waals surface area contributed by atoms with Crippen molar-refractivity contribution in [2.24, 2.45) is 5.10 Å². The van der Waals surface area contributed by atoms with Crippen molar-refractivity contribution in [2.45, 2.75) is 19.2 Å². The van der Waals surface area contributed by atoms with Crippen LogP contribution in [0.2, 0.25) is 0 Å². The van der Waals surface area contributed by atoms with Crippen molar-refractivity contribution in [1.82, 2.24) is 5.01 Å². The first-order valence-electron chi connectivity index (χ1n) is 9.11. The number of hydrogen-bond acceptors (Lipinski definition) is 7. The Morgan fingerprint density at radius 1 is 0.967 bits per heavy atom. The highest BCUT2D eigenvalue weighted by Crippen LogP contribution is 2.45. The van der Waals surface area contributed by atoms with E-state index in [0.717, 1.165) is 0 Å². The fourth-order valence-corrected chi connectivity index (χ4v) is 4.32. The van der Waals surface area contributed by atoms with Crippen LogP contribution in [0.4, 0.5) is 5.69 Å². The number of nitrogens with zero attached hydrogens (tertiary/aromatic N) is 3. The second-order valence-electron chi connectivity index (χ2n) is 6.38. The smallest absolute Gasteiger partial charge is 0.241 e. The first-order chi connectivity index (χ1) is 14.4. The Bertz CT molecular complexity index is 977. The molecule has 1 unspecified atom stereocenters. The van der Waals surface area contributed by atoms with Gasteiger partial charge < -0.3 is 14.2 Å². The van der Waals surface area contributed by atoms with Crippen LogP contribution in [0.15, 0.2) is 47.6 Å². The molecule has 1 atom stereocenters. The summed E-state index contributed by atoms with van der Waals surface area (Å²) in [6.07, 6.45) is 0. The molecule has 1 aliphatic rings. The number of ether oxygens (including phenoxy) is 3. The molecule has 158 valence electrons. The van der Waals surface area contributed by atoms with Crippen molar-refractivity contribution in [2.75, 3.05) is 26.2 Å². The third kappa shape index (κ3) is 4.20. The number of hydrazone groups is 1. The Morgan fingerprint density at radius 3 is 2.13 bits per heavy atom. The molecule has 8 nitrogen and oxygen atoms in total. The van der Waals surface area contributed by atoms with Crippen LogP contribution in [-0.4, -0.2) is 43.3 Å². The highest BCUT2D eigenvalue weighted by molar-refractivity contribution is 8.14. The summed E-state index contributed by atoms with van der Waals surface area (Å²) in [5, 5.41) is 5.68. The number of amides is 2.